The van der Waals surface area contributed by atoms with Crippen molar-refractivity contribution in [2.24, 2.45) is 11.8 Å². The van der Waals surface area contributed by atoms with Crippen LogP contribution in [0, 0.1) is 11.8 Å². The minimum Gasteiger partial charge on any atom is -0.497 e. The van der Waals surface area contributed by atoms with E-state index in [4.69, 9.17) is 28.4 Å². The number of benzene rings is 4. The molecule has 20 nitrogen and oxygen atoms in total. The van der Waals surface area contributed by atoms with Crippen molar-refractivity contribution in [3.63, 3.8) is 0 Å². The maximum absolute atomic E-state index is 14.3. The number of methoxy groups -OCH3 is 2. The fourth-order valence-corrected chi connectivity index (χ4v) is 12.1. The molecule has 1 heterocycles. The Hall–Kier alpha value is -5.37. The largest absolute Gasteiger partial charge is 0.497 e. The summed E-state index contributed by atoms with van der Waals surface area (Å²) in [6, 6.07) is 26.6. The number of rotatable bonds is 24. The zero-order chi connectivity index (χ0) is 54.1. The molecule has 0 aromatic heterocycles. The second-order valence-corrected chi connectivity index (χ2v) is 24.9. The Balaban J connectivity index is 1.45. The molecule has 0 radical (unpaired) electrons. The van der Waals surface area contributed by atoms with Gasteiger partial charge in [-0.25, -0.2) is 34.8 Å². The van der Waals surface area contributed by atoms with Crippen molar-refractivity contribution in [3.05, 3.63) is 120 Å². The van der Waals surface area contributed by atoms with E-state index in [9.17, 15) is 45.1 Å². The maximum atomic E-state index is 14.3. The second-order valence-electron chi connectivity index (χ2n) is 18.7. The Morgan fingerprint density at radius 3 is 1.27 bits per heavy atom. The number of hydrogen-bond acceptors (Lipinski definition) is 16. The van der Waals surface area contributed by atoms with Gasteiger partial charge in [0.25, 0.3) is 0 Å². The summed E-state index contributed by atoms with van der Waals surface area (Å²) >= 11 is 0. The normalized spacial score (nSPS) is 16.9. The minimum atomic E-state index is -4.21. The molecule has 4 N–H and O–H groups in total. The van der Waals surface area contributed by atoms with E-state index in [1.807, 2.05) is 27.7 Å². The SMILES string of the molecule is COc1ccc(S(=O)(=O)N(CC(C)C)C[C@@H](O)[C@H](Cc2ccccc2)NC(=O)OC2(OC(=O)N[C@@H](Cc3ccccc3)[C@H](O)CN(CC(C)C)S(=O)(=O)c3ccc(OC)cc3)COCCS(=O)(=O)CCOC2)cc1. The number of carbonyl (C=O) groups excluding carboxylic acids is 2. The van der Waals surface area contributed by atoms with Crippen molar-refractivity contribution in [1.29, 1.82) is 0 Å². The molecule has 4 atom stereocenters. The summed E-state index contributed by atoms with van der Waals surface area (Å²) in [5, 5.41) is 29.2. The van der Waals surface area contributed by atoms with Gasteiger partial charge in [0.15, 0.2) is 9.84 Å². The second kappa shape index (κ2) is 27.4. The average Bonchev–Trinajstić information content (AvgIpc) is 3.36. The third-order valence-corrected chi connectivity index (χ3v) is 17.0. The van der Waals surface area contributed by atoms with Crippen LogP contribution in [0.2, 0.25) is 0 Å². The lowest BCUT2D eigenvalue weighted by molar-refractivity contribution is -0.223. The van der Waals surface area contributed by atoms with Gasteiger partial charge in [0.1, 0.15) is 24.7 Å². The van der Waals surface area contributed by atoms with Crippen molar-refractivity contribution in [2.75, 3.05) is 78.3 Å². The molecule has 5 rings (SSSR count). The van der Waals surface area contributed by atoms with Crippen LogP contribution in [-0.2, 0) is 61.7 Å². The molecule has 0 saturated carbocycles. The first-order valence-corrected chi connectivity index (χ1v) is 28.8. The van der Waals surface area contributed by atoms with Crippen molar-refractivity contribution < 1.29 is 73.5 Å². The average molecular weight is 1090 g/mol. The highest BCUT2D eigenvalue weighted by Gasteiger charge is 2.43. The molecule has 2 amide bonds. The lowest BCUT2D eigenvalue weighted by Gasteiger charge is -2.35. The number of aliphatic hydroxyl groups is 2. The smallest absolute Gasteiger partial charge is 0.410 e. The number of hydrogen-bond donors (Lipinski definition) is 4. The molecular weight excluding hydrogens is 1020 g/mol. The van der Waals surface area contributed by atoms with Crippen LogP contribution >= 0.6 is 0 Å². The summed E-state index contributed by atoms with van der Waals surface area (Å²) < 4.78 is 117. The number of carbonyl (C=O) groups is 2. The van der Waals surface area contributed by atoms with E-state index in [-0.39, 0.29) is 47.6 Å². The number of alkyl carbamates (subject to hydrolysis) is 2. The number of aliphatic hydroxyl groups excluding tert-OH is 2. The van der Waals surface area contributed by atoms with Crippen molar-refractivity contribution in [2.45, 2.75) is 80.4 Å². The van der Waals surface area contributed by atoms with Gasteiger partial charge in [0.05, 0.1) is 73.0 Å². The zero-order valence-corrected chi connectivity index (χ0v) is 45.0. The third kappa shape index (κ3) is 17.9. The molecule has 1 fully saturated rings. The summed E-state index contributed by atoms with van der Waals surface area (Å²) in [7, 11) is -9.15. The van der Waals surface area contributed by atoms with E-state index in [1.165, 1.54) is 62.8 Å². The summed E-state index contributed by atoms with van der Waals surface area (Å²) in [5.41, 5.74) is 1.29. The third-order valence-electron chi connectivity index (χ3n) is 11.7. The van der Waals surface area contributed by atoms with Gasteiger partial charge < -0.3 is 49.3 Å². The number of nitrogens with one attached hydrogen (secondary N) is 2. The molecule has 0 aliphatic carbocycles. The van der Waals surface area contributed by atoms with Crippen LogP contribution < -0.4 is 20.1 Å². The molecule has 408 valence electrons. The molecule has 0 bridgehead atoms. The van der Waals surface area contributed by atoms with Crippen molar-refractivity contribution >= 4 is 42.1 Å². The van der Waals surface area contributed by atoms with Gasteiger partial charge in [-0.05, 0) is 84.3 Å². The highest BCUT2D eigenvalue weighted by molar-refractivity contribution is 7.91. The molecule has 74 heavy (non-hydrogen) atoms. The summed E-state index contributed by atoms with van der Waals surface area (Å²) in [4.78, 5) is 28.5. The van der Waals surface area contributed by atoms with Gasteiger partial charge in [-0.15, -0.1) is 0 Å². The van der Waals surface area contributed by atoms with E-state index < -0.39 is 123 Å². The molecule has 0 unspecified atom stereocenters. The van der Waals surface area contributed by atoms with Gasteiger partial charge >= 0.3 is 18.0 Å². The Bertz CT molecular complexity index is 2540. The zero-order valence-electron chi connectivity index (χ0n) is 42.6. The maximum Gasteiger partial charge on any atom is 0.410 e. The molecule has 4 aromatic carbocycles. The van der Waals surface area contributed by atoms with E-state index in [0.29, 0.717) is 22.6 Å². The monoisotopic (exact) mass is 1090 g/mol. The number of nitrogens with zero attached hydrogens (tertiary/aromatic N) is 2. The van der Waals surface area contributed by atoms with Crippen LogP contribution in [0.4, 0.5) is 9.59 Å². The molecule has 1 aliphatic rings. The lowest BCUT2D eigenvalue weighted by atomic mass is 10.0. The van der Waals surface area contributed by atoms with Crippen LogP contribution in [0.1, 0.15) is 38.8 Å². The van der Waals surface area contributed by atoms with Gasteiger partial charge in [-0.3, -0.25) is 0 Å². The number of sulfonamides is 2. The molecule has 1 aliphatic heterocycles. The fraction of sp³-hybridized carbons (Fsp3) is 0.490. The van der Waals surface area contributed by atoms with Crippen molar-refractivity contribution in [1.82, 2.24) is 19.2 Å². The van der Waals surface area contributed by atoms with Gasteiger partial charge in [-0.2, -0.15) is 8.61 Å². The number of amides is 2. The number of ether oxygens (including phenoxy) is 6. The summed E-state index contributed by atoms with van der Waals surface area (Å²) in [5.74, 6) is -2.85. The van der Waals surface area contributed by atoms with E-state index >= 15 is 0 Å². The van der Waals surface area contributed by atoms with Crippen LogP contribution in [0.15, 0.2) is 119 Å². The first-order chi connectivity index (χ1) is 35.0. The molecular formula is C51H70N4O16S3. The Labute approximate surface area is 435 Å². The molecule has 23 heteroatoms. The Morgan fingerprint density at radius 2 is 0.946 bits per heavy atom. The Kier molecular flexibility index (Phi) is 22.1. The molecule has 1 saturated heterocycles. The van der Waals surface area contributed by atoms with Crippen LogP contribution in [0.25, 0.3) is 0 Å². The predicted octanol–water partition coefficient (Wildman–Crippen LogP) is 4.25. The van der Waals surface area contributed by atoms with Crippen LogP contribution in [-0.4, -0.2) is 165 Å². The van der Waals surface area contributed by atoms with E-state index in [2.05, 4.69) is 10.6 Å². The highest BCUT2D eigenvalue weighted by atomic mass is 32.2. The first kappa shape index (κ1) is 59.5. The molecule has 0 spiro atoms. The standard InChI is InChI=1S/C51H70N4O16S3/c1-37(2)31-54(73(62,63)43-21-17-41(66-5)18-22-43)33-47(56)45(29-39-13-9-7-10-14-39)52-49(58)70-51(35-68-25-27-72(60,61)28-26-69-36-51)71-50(59)53-46(30-40-15-11-8-12-16-40)48(57)34-55(32-38(3)4)74(64,65)44-23-19-42(67-6)20-24-44/h7-24,37-38,45-48,56-57H,25-36H2,1-6H3,(H,52,58)(H,53,59)/t45-,46-,47+,48+/m0/s1. The fourth-order valence-electron chi connectivity index (χ4n) is 7.93. The van der Waals surface area contributed by atoms with E-state index in [1.54, 1.807) is 60.7 Å². The molecule has 4 aromatic rings. The van der Waals surface area contributed by atoms with Gasteiger partial charge in [0, 0.05) is 26.2 Å². The van der Waals surface area contributed by atoms with E-state index in [0.717, 1.165) is 8.61 Å². The summed E-state index contributed by atoms with van der Waals surface area (Å²) in [6.07, 6.45) is -5.74. The van der Waals surface area contributed by atoms with Gasteiger partial charge in [-0.1, -0.05) is 88.4 Å². The predicted molar refractivity (Wildman–Crippen MR) is 275 cm³/mol. The first-order valence-electron chi connectivity index (χ1n) is 24.1. The van der Waals surface area contributed by atoms with Crippen LogP contribution in [0.5, 0.6) is 11.5 Å². The Morgan fingerprint density at radius 1 is 0.595 bits per heavy atom. The minimum absolute atomic E-state index is 0.00140. The number of sulfone groups is 1. The van der Waals surface area contributed by atoms with Crippen LogP contribution in [0.3, 0.4) is 0 Å². The van der Waals surface area contributed by atoms with Gasteiger partial charge in [0.2, 0.25) is 20.0 Å². The lowest BCUT2D eigenvalue weighted by Crippen LogP contribution is -2.57. The highest BCUT2D eigenvalue weighted by Crippen LogP contribution is 2.25. The topological polar surface area (TPSA) is 263 Å². The van der Waals surface area contributed by atoms with Crippen molar-refractivity contribution in [3.8, 4) is 11.5 Å². The quantitative estimate of drug-likeness (QED) is 0.0715. The summed E-state index contributed by atoms with van der Waals surface area (Å²) in [6.45, 7) is 4.00.